The zero-order valence-electron chi connectivity index (χ0n) is 16.2. The molecule has 0 atom stereocenters. The minimum absolute atomic E-state index is 0.169. The number of rotatable bonds is 9. The molecule has 0 aliphatic heterocycles. The summed E-state index contributed by atoms with van der Waals surface area (Å²) in [7, 11) is 4.72. The third-order valence-corrected chi connectivity index (χ3v) is 4.55. The molecule has 2 aromatic rings. The number of methoxy groups -OCH3 is 3. The van der Waals surface area contributed by atoms with Gasteiger partial charge in [-0.2, -0.15) is 5.10 Å². The molecule has 1 N–H and O–H groups in total. The second kappa shape index (κ2) is 10.7. The summed E-state index contributed by atoms with van der Waals surface area (Å²) in [6, 6.07) is 9.05. The average Bonchev–Trinajstić information content (AvgIpc) is 2.68. The van der Waals surface area contributed by atoms with Gasteiger partial charge in [-0.25, -0.2) is 5.43 Å². The Balaban J connectivity index is 2.03. The van der Waals surface area contributed by atoms with Crippen molar-refractivity contribution in [2.75, 3.05) is 27.9 Å². The lowest BCUT2D eigenvalue weighted by atomic mass is 10.1. The molecule has 0 heterocycles. The van der Waals surface area contributed by atoms with E-state index in [1.807, 2.05) is 25.1 Å². The predicted molar refractivity (Wildman–Crippen MR) is 116 cm³/mol. The number of carbonyl (C=O) groups excluding carboxylic acids is 1. The van der Waals surface area contributed by atoms with Crippen molar-refractivity contribution in [3.05, 3.63) is 45.0 Å². The Hall–Kier alpha value is -2.49. The van der Waals surface area contributed by atoms with Crippen molar-refractivity contribution < 1.29 is 23.7 Å². The Morgan fingerprint density at radius 3 is 2.46 bits per heavy atom. The third kappa shape index (κ3) is 5.75. The van der Waals surface area contributed by atoms with Crippen LogP contribution in [0.1, 0.15) is 18.1 Å². The molecule has 0 fully saturated rings. The van der Waals surface area contributed by atoms with Gasteiger partial charge >= 0.3 is 0 Å². The number of nitrogens with zero attached hydrogens (tertiary/aromatic N) is 1. The van der Waals surface area contributed by atoms with Crippen LogP contribution in [0.3, 0.4) is 0 Å². The second-order valence-electron chi connectivity index (χ2n) is 5.63. The molecular weight excluding hydrogens is 475 g/mol. The topological polar surface area (TPSA) is 78.4 Å². The van der Waals surface area contributed by atoms with E-state index in [4.69, 9.17) is 18.9 Å². The molecule has 0 radical (unpaired) electrons. The van der Waals surface area contributed by atoms with Gasteiger partial charge in [0.25, 0.3) is 0 Å². The predicted octanol–water partition coefficient (Wildman–Crippen LogP) is 3.41. The van der Waals surface area contributed by atoms with E-state index < -0.39 is 0 Å². The highest BCUT2D eigenvalue weighted by atomic mass is 127. The Morgan fingerprint density at radius 2 is 1.82 bits per heavy atom. The van der Waals surface area contributed by atoms with Gasteiger partial charge in [-0.15, -0.1) is 0 Å². The van der Waals surface area contributed by atoms with Crippen molar-refractivity contribution in [2.24, 2.45) is 5.10 Å². The van der Waals surface area contributed by atoms with Gasteiger partial charge in [0.1, 0.15) is 0 Å². The Bertz CT molecular complexity index is 855. The molecule has 0 saturated carbocycles. The molecule has 7 nitrogen and oxygen atoms in total. The SMILES string of the molecule is CCOc1cc(/C=N/NC(=O)Cc2ccc(OC)c(OC)c2)cc(I)c1OC. The van der Waals surface area contributed by atoms with Crippen molar-refractivity contribution in [2.45, 2.75) is 13.3 Å². The molecule has 8 heteroatoms. The zero-order chi connectivity index (χ0) is 20.5. The van der Waals surface area contributed by atoms with Crippen LogP contribution in [0.4, 0.5) is 0 Å². The van der Waals surface area contributed by atoms with Crippen LogP contribution < -0.4 is 24.4 Å². The minimum atomic E-state index is -0.239. The number of carbonyl (C=O) groups is 1. The highest BCUT2D eigenvalue weighted by Gasteiger charge is 2.11. The van der Waals surface area contributed by atoms with Crippen molar-refractivity contribution in [1.29, 1.82) is 0 Å². The molecule has 0 bridgehead atoms. The van der Waals surface area contributed by atoms with Crippen LogP contribution >= 0.6 is 22.6 Å². The highest BCUT2D eigenvalue weighted by molar-refractivity contribution is 14.1. The molecule has 2 aromatic carbocycles. The van der Waals surface area contributed by atoms with Gasteiger partial charge in [0.2, 0.25) is 5.91 Å². The molecule has 0 aromatic heterocycles. The summed E-state index contributed by atoms with van der Waals surface area (Å²) < 4.78 is 22.3. The summed E-state index contributed by atoms with van der Waals surface area (Å²) in [4.78, 5) is 12.2. The molecular formula is C20H23IN2O5. The maximum absolute atomic E-state index is 12.2. The number of hydrogen-bond donors (Lipinski definition) is 1. The zero-order valence-corrected chi connectivity index (χ0v) is 18.4. The fourth-order valence-corrected chi connectivity index (χ4v) is 3.36. The maximum atomic E-state index is 12.2. The van der Waals surface area contributed by atoms with Crippen LogP contribution in [-0.4, -0.2) is 40.1 Å². The number of hydrogen-bond acceptors (Lipinski definition) is 6. The normalized spacial score (nSPS) is 10.6. The molecule has 0 aliphatic carbocycles. The third-order valence-electron chi connectivity index (χ3n) is 3.75. The van der Waals surface area contributed by atoms with Crippen molar-refractivity contribution in [1.82, 2.24) is 5.43 Å². The van der Waals surface area contributed by atoms with Crippen molar-refractivity contribution in [3.8, 4) is 23.0 Å². The van der Waals surface area contributed by atoms with Gasteiger partial charge < -0.3 is 18.9 Å². The van der Waals surface area contributed by atoms with Crippen LogP contribution in [0.15, 0.2) is 35.4 Å². The molecule has 0 saturated heterocycles. The van der Waals surface area contributed by atoms with E-state index >= 15 is 0 Å². The summed E-state index contributed by atoms with van der Waals surface area (Å²) in [5.41, 5.74) is 4.12. The number of ether oxygens (including phenoxy) is 4. The largest absolute Gasteiger partial charge is 0.493 e. The maximum Gasteiger partial charge on any atom is 0.244 e. The Labute approximate surface area is 178 Å². The standard InChI is InChI=1S/C20H23IN2O5/c1-5-28-18-10-14(8-15(21)20(18)27-4)12-22-23-19(24)11-13-6-7-16(25-2)17(9-13)26-3/h6-10,12H,5,11H2,1-4H3,(H,23,24)/b22-12+. The molecule has 2 rings (SSSR count). The van der Waals surface area contributed by atoms with Crippen molar-refractivity contribution in [3.63, 3.8) is 0 Å². The molecule has 0 unspecified atom stereocenters. The first kappa shape index (κ1) is 21.8. The van der Waals surface area contributed by atoms with E-state index in [0.29, 0.717) is 29.6 Å². The van der Waals surface area contributed by atoms with E-state index in [-0.39, 0.29) is 12.3 Å². The first-order valence-electron chi connectivity index (χ1n) is 8.55. The Kier molecular flexibility index (Phi) is 8.37. The van der Waals surface area contributed by atoms with Crippen LogP contribution in [0.5, 0.6) is 23.0 Å². The summed E-state index contributed by atoms with van der Waals surface area (Å²) in [5, 5.41) is 4.03. The smallest absolute Gasteiger partial charge is 0.244 e. The van der Waals surface area contributed by atoms with Gasteiger partial charge in [-0.3, -0.25) is 4.79 Å². The molecule has 28 heavy (non-hydrogen) atoms. The fraction of sp³-hybridized carbons (Fsp3) is 0.300. The Morgan fingerprint density at radius 1 is 1.07 bits per heavy atom. The quantitative estimate of drug-likeness (QED) is 0.326. The van der Waals surface area contributed by atoms with Gasteiger partial charge in [0.15, 0.2) is 23.0 Å². The van der Waals surface area contributed by atoms with E-state index in [1.54, 1.807) is 39.7 Å². The summed E-state index contributed by atoms with van der Waals surface area (Å²) >= 11 is 2.17. The minimum Gasteiger partial charge on any atom is -0.493 e. The molecule has 0 aliphatic rings. The van der Waals surface area contributed by atoms with Crippen LogP contribution in [0, 0.1) is 3.57 Å². The van der Waals surface area contributed by atoms with E-state index in [0.717, 1.165) is 14.7 Å². The average molecular weight is 498 g/mol. The van der Waals surface area contributed by atoms with Gasteiger partial charge in [0.05, 0.1) is 44.1 Å². The lowest BCUT2D eigenvalue weighted by Gasteiger charge is -2.11. The number of nitrogens with one attached hydrogen (secondary N) is 1. The first-order valence-corrected chi connectivity index (χ1v) is 9.63. The number of benzene rings is 2. The van der Waals surface area contributed by atoms with Crippen LogP contribution in [0.25, 0.3) is 0 Å². The fourth-order valence-electron chi connectivity index (χ4n) is 2.52. The van der Waals surface area contributed by atoms with Crippen LogP contribution in [0.2, 0.25) is 0 Å². The first-order chi connectivity index (χ1) is 13.5. The lowest BCUT2D eigenvalue weighted by Crippen LogP contribution is -2.19. The van der Waals surface area contributed by atoms with Crippen molar-refractivity contribution >= 4 is 34.7 Å². The summed E-state index contributed by atoms with van der Waals surface area (Å²) in [5.74, 6) is 2.26. The van der Waals surface area contributed by atoms with Gasteiger partial charge in [-0.05, 0) is 64.9 Å². The van der Waals surface area contributed by atoms with E-state index in [2.05, 4.69) is 33.1 Å². The summed E-state index contributed by atoms with van der Waals surface area (Å²) in [6.45, 7) is 2.43. The van der Waals surface area contributed by atoms with Crippen LogP contribution in [-0.2, 0) is 11.2 Å². The highest BCUT2D eigenvalue weighted by Crippen LogP contribution is 2.33. The molecule has 0 spiro atoms. The summed E-state index contributed by atoms with van der Waals surface area (Å²) in [6.07, 6.45) is 1.73. The molecule has 1 amide bonds. The number of hydrazone groups is 1. The number of halogens is 1. The molecule has 150 valence electrons. The van der Waals surface area contributed by atoms with E-state index in [1.165, 1.54) is 0 Å². The number of amides is 1. The van der Waals surface area contributed by atoms with Gasteiger partial charge in [0, 0.05) is 0 Å². The second-order valence-corrected chi connectivity index (χ2v) is 6.79. The lowest BCUT2D eigenvalue weighted by molar-refractivity contribution is -0.120. The van der Waals surface area contributed by atoms with E-state index in [9.17, 15) is 4.79 Å². The monoisotopic (exact) mass is 498 g/mol. The van der Waals surface area contributed by atoms with Gasteiger partial charge in [-0.1, -0.05) is 6.07 Å².